The van der Waals surface area contributed by atoms with Gasteiger partial charge in [0.25, 0.3) is 0 Å². The standard InChI is InChI=1S/C23H29N5O2/c1-2-27-17-23(14-21(27)29)16-26(15-19-8-10-24-11-9-19)12-13-28(18-23)22(30)25-20-6-4-3-5-7-20/h3-11H,2,12-18H2,1H3,(H,25,30)/t23-/m0/s1. The Morgan fingerprint density at radius 2 is 1.83 bits per heavy atom. The highest BCUT2D eigenvalue weighted by atomic mass is 16.2. The number of carbonyl (C=O) groups is 2. The molecule has 0 saturated carbocycles. The fraction of sp³-hybridized carbons (Fsp3) is 0.435. The monoisotopic (exact) mass is 407 g/mol. The number of para-hydroxylation sites is 1. The van der Waals surface area contributed by atoms with Gasteiger partial charge in [0.2, 0.25) is 5.91 Å². The predicted octanol–water partition coefficient (Wildman–Crippen LogP) is 2.67. The highest BCUT2D eigenvalue weighted by molar-refractivity contribution is 5.89. The summed E-state index contributed by atoms with van der Waals surface area (Å²) in [5.74, 6) is 0.187. The lowest BCUT2D eigenvalue weighted by Crippen LogP contribution is -2.45. The molecule has 0 radical (unpaired) electrons. The maximum atomic E-state index is 13.0. The Morgan fingerprint density at radius 3 is 2.53 bits per heavy atom. The SMILES string of the molecule is CCN1C[C@]2(CC1=O)CN(Cc1ccncc1)CCN(C(=O)Nc1ccccc1)C2. The molecule has 3 heterocycles. The molecule has 158 valence electrons. The lowest BCUT2D eigenvalue weighted by molar-refractivity contribution is -0.127. The zero-order valence-electron chi connectivity index (χ0n) is 17.5. The molecule has 2 aliphatic rings. The Kier molecular flexibility index (Phi) is 5.99. The molecule has 0 bridgehead atoms. The van der Waals surface area contributed by atoms with Gasteiger partial charge in [-0.15, -0.1) is 0 Å². The van der Waals surface area contributed by atoms with Gasteiger partial charge in [0.05, 0.1) is 0 Å². The van der Waals surface area contributed by atoms with Crippen LogP contribution in [0, 0.1) is 5.41 Å². The van der Waals surface area contributed by atoms with Gasteiger partial charge in [0, 0.05) is 75.7 Å². The number of rotatable bonds is 4. The molecule has 2 aliphatic heterocycles. The van der Waals surface area contributed by atoms with Gasteiger partial charge in [0.15, 0.2) is 0 Å². The van der Waals surface area contributed by atoms with E-state index in [1.807, 2.05) is 59.2 Å². The van der Waals surface area contributed by atoms with E-state index in [9.17, 15) is 9.59 Å². The molecule has 3 amide bonds. The van der Waals surface area contributed by atoms with Gasteiger partial charge in [-0.2, -0.15) is 0 Å². The number of urea groups is 1. The van der Waals surface area contributed by atoms with E-state index >= 15 is 0 Å². The van der Waals surface area contributed by atoms with Crippen molar-refractivity contribution in [1.82, 2.24) is 19.7 Å². The summed E-state index contributed by atoms with van der Waals surface area (Å²) in [5, 5.41) is 3.01. The molecule has 2 aromatic rings. The highest BCUT2D eigenvalue weighted by Gasteiger charge is 2.46. The molecule has 1 spiro atoms. The van der Waals surface area contributed by atoms with E-state index < -0.39 is 0 Å². The first kappa shape index (κ1) is 20.3. The van der Waals surface area contributed by atoms with Crippen molar-refractivity contribution >= 4 is 17.6 Å². The summed E-state index contributed by atoms with van der Waals surface area (Å²) in [6, 6.07) is 13.5. The zero-order chi connectivity index (χ0) is 21.0. The number of nitrogens with zero attached hydrogens (tertiary/aromatic N) is 4. The molecular weight excluding hydrogens is 378 g/mol. The van der Waals surface area contributed by atoms with E-state index in [1.54, 1.807) is 12.4 Å². The molecule has 1 atom stereocenters. The van der Waals surface area contributed by atoms with Gasteiger partial charge in [-0.25, -0.2) is 4.79 Å². The number of anilines is 1. The van der Waals surface area contributed by atoms with E-state index in [4.69, 9.17) is 0 Å². The number of aromatic nitrogens is 1. The number of nitrogens with one attached hydrogen (secondary N) is 1. The van der Waals surface area contributed by atoms with Gasteiger partial charge in [-0.3, -0.25) is 14.7 Å². The Hall–Kier alpha value is -2.93. The number of carbonyl (C=O) groups excluding carboxylic acids is 2. The molecule has 0 unspecified atom stereocenters. The van der Waals surface area contributed by atoms with E-state index in [-0.39, 0.29) is 17.4 Å². The number of benzene rings is 1. The summed E-state index contributed by atoms with van der Waals surface area (Å²) in [4.78, 5) is 35.9. The first-order valence-electron chi connectivity index (χ1n) is 10.6. The van der Waals surface area contributed by atoms with Crippen LogP contribution in [0.1, 0.15) is 18.9 Å². The summed E-state index contributed by atoms with van der Waals surface area (Å²) in [6.45, 7) is 7.00. The van der Waals surface area contributed by atoms with Gasteiger partial charge in [0.1, 0.15) is 0 Å². The van der Waals surface area contributed by atoms with Gasteiger partial charge in [-0.05, 0) is 36.8 Å². The van der Waals surface area contributed by atoms with Crippen molar-refractivity contribution in [3.8, 4) is 0 Å². The second-order valence-corrected chi connectivity index (χ2v) is 8.37. The first-order valence-corrected chi connectivity index (χ1v) is 10.6. The Morgan fingerprint density at radius 1 is 1.07 bits per heavy atom. The third kappa shape index (κ3) is 4.62. The number of hydrogen-bond donors (Lipinski definition) is 1. The zero-order valence-corrected chi connectivity index (χ0v) is 17.5. The van der Waals surface area contributed by atoms with Crippen molar-refractivity contribution in [3.05, 3.63) is 60.4 Å². The quantitative estimate of drug-likeness (QED) is 0.846. The van der Waals surface area contributed by atoms with Crippen molar-refractivity contribution in [3.63, 3.8) is 0 Å². The number of likely N-dealkylation sites (tertiary alicyclic amines) is 1. The molecule has 2 saturated heterocycles. The molecule has 4 rings (SSSR count). The first-order chi connectivity index (χ1) is 14.6. The highest BCUT2D eigenvalue weighted by Crippen LogP contribution is 2.35. The van der Waals surface area contributed by atoms with E-state index in [0.717, 1.165) is 25.3 Å². The third-order valence-electron chi connectivity index (χ3n) is 6.03. The van der Waals surface area contributed by atoms with Gasteiger partial charge in [-0.1, -0.05) is 18.2 Å². The number of amides is 3. The molecular formula is C23H29N5O2. The van der Waals surface area contributed by atoms with Crippen LogP contribution < -0.4 is 5.32 Å². The van der Waals surface area contributed by atoms with Crippen LogP contribution in [0.15, 0.2) is 54.9 Å². The minimum Gasteiger partial charge on any atom is -0.342 e. The van der Waals surface area contributed by atoms with Crippen LogP contribution in [0.25, 0.3) is 0 Å². The maximum absolute atomic E-state index is 13.0. The second-order valence-electron chi connectivity index (χ2n) is 8.37. The Balaban J connectivity index is 1.53. The number of pyridine rings is 1. The molecule has 1 aromatic carbocycles. The van der Waals surface area contributed by atoms with Crippen LogP contribution in [0.4, 0.5) is 10.5 Å². The van der Waals surface area contributed by atoms with Crippen LogP contribution in [-0.2, 0) is 11.3 Å². The average molecular weight is 408 g/mol. The number of hydrogen-bond acceptors (Lipinski definition) is 4. The fourth-order valence-corrected chi connectivity index (χ4v) is 4.61. The summed E-state index contributed by atoms with van der Waals surface area (Å²) in [5.41, 5.74) is 1.73. The van der Waals surface area contributed by atoms with Crippen molar-refractivity contribution in [2.75, 3.05) is 44.6 Å². The van der Waals surface area contributed by atoms with Crippen LogP contribution in [-0.4, -0.2) is 70.9 Å². The lowest BCUT2D eigenvalue weighted by Gasteiger charge is -2.33. The van der Waals surface area contributed by atoms with E-state index in [1.165, 1.54) is 5.56 Å². The summed E-state index contributed by atoms with van der Waals surface area (Å²) >= 11 is 0. The second kappa shape index (κ2) is 8.83. The van der Waals surface area contributed by atoms with Crippen LogP contribution >= 0.6 is 0 Å². The van der Waals surface area contributed by atoms with E-state index in [0.29, 0.717) is 32.6 Å². The van der Waals surface area contributed by atoms with Crippen molar-refractivity contribution in [1.29, 1.82) is 0 Å². The molecule has 30 heavy (non-hydrogen) atoms. The summed E-state index contributed by atoms with van der Waals surface area (Å²) < 4.78 is 0. The molecule has 0 aliphatic carbocycles. The van der Waals surface area contributed by atoms with Crippen molar-refractivity contribution in [2.45, 2.75) is 19.9 Å². The van der Waals surface area contributed by atoms with Gasteiger partial charge >= 0.3 is 6.03 Å². The normalized spacial score (nSPS) is 22.4. The molecule has 2 fully saturated rings. The van der Waals surface area contributed by atoms with Crippen LogP contribution in [0.3, 0.4) is 0 Å². The molecule has 1 aromatic heterocycles. The van der Waals surface area contributed by atoms with Crippen molar-refractivity contribution in [2.24, 2.45) is 5.41 Å². The fourth-order valence-electron chi connectivity index (χ4n) is 4.61. The topological polar surface area (TPSA) is 68.8 Å². The van der Waals surface area contributed by atoms with Gasteiger partial charge < -0.3 is 15.1 Å². The van der Waals surface area contributed by atoms with Crippen molar-refractivity contribution < 1.29 is 9.59 Å². The minimum atomic E-state index is -0.245. The maximum Gasteiger partial charge on any atom is 0.321 e. The Bertz CT molecular complexity index is 876. The smallest absolute Gasteiger partial charge is 0.321 e. The molecule has 7 nitrogen and oxygen atoms in total. The predicted molar refractivity (Wildman–Crippen MR) is 116 cm³/mol. The summed E-state index contributed by atoms with van der Waals surface area (Å²) in [7, 11) is 0. The largest absolute Gasteiger partial charge is 0.342 e. The molecule has 1 N–H and O–H groups in total. The third-order valence-corrected chi connectivity index (χ3v) is 6.03. The molecule has 7 heteroatoms. The Labute approximate surface area is 177 Å². The van der Waals surface area contributed by atoms with Crippen LogP contribution in [0.5, 0.6) is 0 Å². The van der Waals surface area contributed by atoms with E-state index in [2.05, 4.69) is 15.2 Å². The minimum absolute atomic E-state index is 0.103. The summed E-state index contributed by atoms with van der Waals surface area (Å²) in [6.07, 6.45) is 4.10. The average Bonchev–Trinajstić information content (AvgIpc) is 2.95. The van der Waals surface area contributed by atoms with Crippen LogP contribution in [0.2, 0.25) is 0 Å². The lowest BCUT2D eigenvalue weighted by atomic mass is 9.86.